The summed E-state index contributed by atoms with van der Waals surface area (Å²) in [6.45, 7) is 0.321. The van der Waals surface area contributed by atoms with Gasteiger partial charge < -0.3 is 9.84 Å². The molecule has 0 bridgehead atoms. The molecule has 0 amide bonds. The average molecular weight is 311 g/mol. The van der Waals surface area contributed by atoms with Gasteiger partial charge in [-0.05, 0) is 41.5 Å². The van der Waals surface area contributed by atoms with Crippen molar-refractivity contribution in [2.24, 2.45) is 0 Å². The van der Waals surface area contributed by atoms with E-state index in [0.29, 0.717) is 12.4 Å². The molecule has 0 atom stereocenters. The van der Waals surface area contributed by atoms with Crippen LogP contribution in [0.15, 0.2) is 46.9 Å². The Morgan fingerprint density at radius 1 is 1.11 bits per heavy atom. The van der Waals surface area contributed by atoms with Gasteiger partial charge in [0.05, 0.1) is 6.61 Å². The zero-order chi connectivity index (χ0) is 13.0. The lowest BCUT2D eigenvalue weighted by Crippen LogP contribution is -1.96. The molecule has 0 aliphatic heterocycles. The van der Waals surface area contributed by atoms with Gasteiger partial charge in [0.25, 0.3) is 0 Å². The van der Waals surface area contributed by atoms with Crippen LogP contribution in [-0.2, 0) is 13.2 Å². The molecule has 18 heavy (non-hydrogen) atoms. The van der Waals surface area contributed by atoms with Crippen molar-refractivity contribution < 1.29 is 14.2 Å². The van der Waals surface area contributed by atoms with Crippen LogP contribution in [0.3, 0.4) is 0 Å². The lowest BCUT2D eigenvalue weighted by Gasteiger charge is -2.08. The van der Waals surface area contributed by atoms with Crippen LogP contribution in [0, 0.1) is 5.82 Å². The van der Waals surface area contributed by atoms with Gasteiger partial charge in [0, 0.05) is 4.47 Å². The second-order valence-corrected chi connectivity index (χ2v) is 4.68. The van der Waals surface area contributed by atoms with E-state index in [-0.39, 0.29) is 12.4 Å². The fourth-order valence-electron chi connectivity index (χ4n) is 1.51. The van der Waals surface area contributed by atoms with Crippen molar-refractivity contribution in [1.29, 1.82) is 0 Å². The Balaban J connectivity index is 2.04. The zero-order valence-electron chi connectivity index (χ0n) is 9.57. The minimum Gasteiger partial charge on any atom is -0.489 e. The SMILES string of the molecule is OCc1cc(OCc2ccc(F)cc2)ccc1Br. The normalized spacial score (nSPS) is 10.4. The molecule has 0 saturated carbocycles. The van der Waals surface area contributed by atoms with Crippen LogP contribution >= 0.6 is 15.9 Å². The van der Waals surface area contributed by atoms with Crippen molar-refractivity contribution in [1.82, 2.24) is 0 Å². The third-order valence-corrected chi connectivity index (χ3v) is 3.28. The lowest BCUT2D eigenvalue weighted by atomic mass is 10.2. The third kappa shape index (κ3) is 3.31. The van der Waals surface area contributed by atoms with Gasteiger partial charge in [-0.2, -0.15) is 0 Å². The number of aliphatic hydroxyl groups excluding tert-OH is 1. The summed E-state index contributed by atoms with van der Waals surface area (Å²) >= 11 is 3.34. The Bertz CT molecular complexity index is 526. The molecule has 2 aromatic carbocycles. The van der Waals surface area contributed by atoms with E-state index in [1.54, 1.807) is 18.2 Å². The van der Waals surface area contributed by atoms with Crippen molar-refractivity contribution in [2.45, 2.75) is 13.2 Å². The molecule has 4 heteroatoms. The Morgan fingerprint density at radius 2 is 1.83 bits per heavy atom. The standard InChI is InChI=1S/C14H12BrFO2/c15-14-6-5-13(7-11(14)8-17)18-9-10-1-3-12(16)4-2-10/h1-7,17H,8-9H2. The topological polar surface area (TPSA) is 29.5 Å². The fraction of sp³-hybridized carbons (Fsp3) is 0.143. The van der Waals surface area contributed by atoms with Crippen LogP contribution in [-0.4, -0.2) is 5.11 Å². The summed E-state index contributed by atoms with van der Waals surface area (Å²) < 4.78 is 19.1. The maximum atomic E-state index is 12.7. The molecule has 2 aromatic rings. The molecule has 2 rings (SSSR count). The molecule has 0 unspecified atom stereocenters. The third-order valence-electron chi connectivity index (χ3n) is 2.51. The van der Waals surface area contributed by atoms with Crippen LogP contribution in [0.5, 0.6) is 5.75 Å². The van der Waals surface area contributed by atoms with Crippen molar-refractivity contribution in [3.05, 3.63) is 63.9 Å². The van der Waals surface area contributed by atoms with Gasteiger partial charge in [-0.1, -0.05) is 28.1 Å². The van der Waals surface area contributed by atoms with Gasteiger partial charge in [-0.25, -0.2) is 4.39 Å². The number of halogens is 2. The Hall–Kier alpha value is -1.39. The molecule has 0 aromatic heterocycles. The highest BCUT2D eigenvalue weighted by Gasteiger charge is 2.02. The van der Waals surface area contributed by atoms with Gasteiger partial charge in [-0.3, -0.25) is 0 Å². The fourth-order valence-corrected chi connectivity index (χ4v) is 1.88. The Kier molecular flexibility index (Phi) is 4.33. The van der Waals surface area contributed by atoms with Gasteiger partial charge in [-0.15, -0.1) is 0 Å². The molecular weight excluding hydrogens is 299 g/mol. The van der Waals surface area contributed by atoms with E-state index in [1.165, 1.54) is 12.1 Å². The van der Waals surface area contributed by atoms with E-state index >= 15 is 0 Å². The molecule has 0 aliphatic rings. The number of aliphatic hydroxyl groups is 1. The monoisotopic (exact) mass is 310 g/mol. The van der Waals surface area contributed by atoms with E-state index in [1.807, 2.05) is 12.1 Å². The van der Waals surface area contributed by atoms with Gasteiger partial charge in [0.1, 0.15) is 18.2 Å². The summed E-state index contributed by atoms with van der Waals surface area (Å²) in [7, 11) is 0. The minimum atomic E-state index is -0.259. The van der Waals surface area contributed by atoms with E-state index in [9.17, 15) is 4.39 Å². The highest BCUT2D eigenvalue weighted by Crippen LogP contribution is 2.23. The first-order valence-electron chi connectivity index (χ1n) is 5.45. The summed E-state index contributed by atoms with van der Waals surface area (Å²) in [6, 6.07) is 11.6. The van der Waals surface area contributed by atoms with Crippen LogP contribution in [0.4, 0.5) is 4.39 Å². The smallest absolute Gasteiger partial charge is 0.123 e. The molecule has 0 heterocycles. The summed E-state index contributed by atoms with van der Waals surface area (Å²) in [5, 5.41) is 9.13. The largest absolute Gasteiger partial charge is 0.489 e. The van der Waals surface area contributed by atoms with E-state index < -0.39 is 0 Å². The molecule has 0 spiro atoms. The van der Waals surface area contributed by atoms with Gasteiger partial charge in [0.2, 0.25) is 0 Å². The van der Waals surface area contributed by atoms with Crippen molar-refractivity contribution in [3.63, 3.8) is 0 Å². The number of hydrogen-bond acceptors (Lipinski definition) is 2. The second kappa shape index (κ2) is 5.98. The second-order valence-electron chi connectivity index (χ2n) is 3.83. The van der Waals surface area contributed by atoms with Crippen molar-refractivity contribution in [3.8, 4) is 5.75 Å². The van der Waals surface area contributed by atoms with Crippen LogP contribution in [0.25, 0.3) is 0 Å². The highest BCUT2D eigenvalue weighted by atomic mass is 79.9. The predicted molar refractivity (Wildman–Crippen MR) is 70.8 cm³/mol. The first kappa shape index (κ1) is 13.1. The molecular formula is C14H12BrFO2. The molecule has 0 aliphatic carbocycles. The number of hydrogen-bond donors (Lipinski definition) is 1. The van der Waals surface area contributed by atoms with Gasteiger partial charge in [0.15, 0.2) is 0 Å². The van der Waals surface area contributed by atoms with E-state index in [0.717, 1.165) is 15.6 Å². The maximum Gasteiger partial charge on any atom is 0.123 e. The molecule has 0 saturated heterocycles. The molecule has 0 radical (unpaired) electrons. The summed E-state index contributed by atoms with van der Waals surface area (Å²) in [4.78, 5) is 0. The Morgan fingerprint density at radius 3 is 2.50 bits per heavy atom. The Labute approximate surface area is 113 Å². The zero-order valence-corrected chi connectivity index (χ0v) is 11.2. The predicted octanol–water partition coefficient (Wildman–Crippen LogP) is 3.66. The molecule has 1 N–H and O–H groups in total. The average Bonchev–Trinajstić information content (AvgIpc) is 2.39. The first-order chi connectivity index (χ1) is 8.69. The number of benzene rings is 2. The van der Waals surface area contributed by atoms with E-state index in [4.69, 9.17) is 9.84 Å². The first-order valence-corrected chi connectivity index (χ1v) is 6.25. The molecule has 0 fully saturated rings. The summed E-state index contributed by atoms with van der Waals surface area (Å²) in [6.07, 6.45) is 0. The maximum absolute atomic E-state index is 12.7. The number of ether oxygens (including phenoxy) is 1. The van der Waals surface area contributed by atoms with Gasteiger partial charge >= 0.3 is 0 Å². The quantitative estimate of drug-likeness (QED) is 0.934. The number of rotatable bonds is 4. The van der Waals surface area contributed by atoms with Crippen molar-refractivity contribution >= 4 is 15.9 Å². The molecule has 94 valence electrons. The highest BCUT2D eigenvalue weighted by molar-refractivity contribution is 9.10. The van der Waals surface area contributed by atoms with Crippen LogP contribution < -0.4 is 4.74 Å². The summed E-state index contributed by atoms with van der Waals surface area (Å²) in [5.41, 5.74) is 1.66. The van der Waals surface area contributed by atoms with Crippen molar-refractivity contribution in [2.75, 3.05) is 0 Å². The minimum absolute atomic E-state index is 0.0473. The van der Waals surface area contributed by atoms with Crippen LogP contribution in [0.2, 0.25) is 0 Å². The molecule has 2 nitrogen and oxygen atoms in total. The van der Waals surface area contributed by atoms with Crippen LogP contribution in [0.1, 0.15) is 11.1 Å². The summed E-state index contributed by atoms with van der Waals surface area (Å²) in [5.74, 6) is 0.413. The van der Waals surface area contributed by atoms with E-state index in [2.05, 4.69) is 15.9 Å². The lowest BCUT2D eigenvalue weighted by molar-refractivity contribution is 0.277.